The molecule has 160 valence electrons. The predicted octanol–water partition coefficient (Wildman–Crippen LogP) is 2.58. The first-order valence-electron chi connectivity index (χ1n) is 9.39. The molecule has 1 heterocycles. The quantitative estimate of drug-likeness (QED) is 0.512. The van der Waals surface area contributed by atoms with Gasteiger partial charge in [-0.05, 0) is 55.8 Å². The molecule has 1 aliphatic heterocycles. The smallest absolute Gasteiger partial charge is 0.338 e. The van der Waals surface area contributed by atoms with Crippen molar-refractivity contribution in [1.82, 2.24) is 4.31 Å². The monoisotopic (exact) mass is 435 g/mol. The molecule has 0 aromatic heterocycles. The fraction of sp³-hybridized carbons (Fsp3) is 0.333. The van der Waals surface area contributed by atoms with E-state index in [-0.39, 0.29) is 29.1 Å². The van der Waals surface area contributed by atoms with E-state index in [4.69, 9.17) is 9.47 Å². The van der Waals surface area contributed by atoms with Gasteiger partial charge in [0.1, 0.15) is 5.82 Å². The Balaban J connectivity index is 1.78. The number of morpholine rings is 1. The van der Waals surface area contributed by atoms with Gasteiger partial charge in [0.05, 0.1) is 23.7 Å². The molecule has 7 nitrogen and oxygen atoms in total. The molecular weight excluding hydrogens is 413 g/mol. The van der Waals surface area contributed by atoms with Crippen molar-refractivity contribution in [2.24, 2.45) is 0 Å². The topological polar surface area (TPSA) is 90.0 Å². The van der Waals surface area contributed by atoms with E-state index in [0.29, 0.717) is 18.8 Å². The molecule has 0 spiro atoms. The standard InChI is InChI=1S/C21H22FNO6S/c1-14-3-4-17(13-19(14)30(26,27)23-9-11-28-12-10-23)21(25)29-15(2)20(24)16-5-7-18(22)8-6-16/h3-8,13,15H,9-12H2,1-2H3. The van der Waals surface area contributed by atoms with Gasteiger partial charge in [0.2, 0.25) is 15.8 Å². The van der Waals surface area contributed by atoms with Crippen molar-refractivity contribution in [3.05, 3.63) is 65.0 Å². The number of halogens is 1. The fourth-order valence-corrected chi connectivity index (χ4v) is 4.72. The number of rotatable bonds is 6. The third-order valence-electron chi connectivity index (χ3n) is 4.79. The van der Waals surface area contributed by atoms with Crippen molar-refractivity contribution in [3.8, 4) is 0 Å². The number of ketones is 1. The summed E-state index contributed by atoms with van der Waals surface area (Å²) in [6.45, 7) is 4.14. The minimum atomic E-state index is -3.80. The van der Waals surface area contributed by atoms with Crippen LogP contribution < -0.4 is 0 Å². The molecule has 0 amide bonds. The molecule has 0 saturated carbocycles. The number of hydrogen-bond acceptors (Lipinski definition) is 6. The van der Waals surface area contributed by atoms with Gasteiger partial charge >= 0.3 is 5.97 Å². The van der Waals surface area contributed by atoms with Gasteiger partial charge in [-0.2, -0.15) is 4.31 Å². The molecular formula is C21H22FNO6S. The predicted molar refractivity (Wildman–Crippen MR) is 106 cm³/mol. The van der Waals surface area contributed by atoms with E-state index in [1.54, 1.807) is 6.92 Å². The highest BCUT2D eigenvalue weighted by atomic mass is 32.2. The molecule has 1 atom stereocenters. The number of carbonyl (C=O) groups is 2. The third-order valence-corrected chi connectivity index (χ3v) is 6.83. The number of aryl methyl sites for hydroxylation is 1. The Morgan fingerprint density at radius 3 is 2.30 bits per heavy atom. The lowest BCUT2D eigenvalue weighted by Crippen LogP contribution is -2.40. The lowest BCUT2D eigenvalue weighted by molar-refractivity contribution is 0.0318. The molecule has 3 rings (SSSR count). The summed E-state index contributed by atoms with van der Waals surface area (Å²) in [6.07, 6.45) is -1.12. The zero-order chi connectivity index (χ0) is 21.9. The molecule has 2 aromatic carbocycles. The van der Waals surface area contributed by atoms with E-state index in [9.17, 15) is 22.4 Å². The summed E-state index contributed by atoms with van der Waals surface area (Å²) in [5.41, 5.74) is 0.718. The zero-order valence-corrected chi connectivity index (χ0v) is 17.4. The highest BCUT2D eigenvalue weighted by molar-refractivity contribution is 7.89. The molecule has 0 radical (unpaired) electrons. The van der Waals surface area contributed by atoms with Crippen LogP contribution in [0.3, 0.4) is 0 Å². The number of esters is 1. The first-order valence-corrected chi connectivity index (χ1v) is 10.8. The largest absolute Gasteiger partial charge is 0.451 e. The zero-order valence-electron chi connectivity index (χ0n) is 16.6. The molecule has 9 heteroatoms. The summed E-state index contributed by atoms with van der Waals surface area (Å²) in [5, 5.41) is 0. The van der Waals surface area contributed by atoms with Crippen LogP contribution in [0.15, 0.2) is 47.4 Å². The van der Waals surface area contributed by atoms with Crippen molar-refractivity contribution in [1.29, 1.82) is 0 Å². The SMILES string of the molecule is Cc1ccc(C(=O)OC(C)C(=O)c2ccc(F)cc2)cc1S(=O)(=O)N1CCOCC1. The van der Waals surface area contributed by atoms with E-state index in [0.717, 1.165) is 12.1 Å². The molecule has 1 saturated heterocycles. The fourth-order valence-electron chi connectivity index (χ4n) is 3.06. The Morgan fingerprint density at radius 2 is 1.67 bits per heavy atom. The van der Waals surface area contributed by atoms with Crippen LogP contribution in [0.2, 0.25) is 0 Å². The number of benzene rings is 2. The van der Waals surface area contributed by atoms with E-state index in [1.807, 2.05) is 0 Å². The molecule has 1 unspecified atom stereocenters. The Bertz CT molecular complexity index is 1050. The lowest BCUT2D eigenvalue weighted by Gasteiger charge is -2.26. The van der Waals surface area contributed by atoms with Crippen LogP contribution in [-0.4, -0.2) is 56.9 Å². The Labute approximate surface area is 174 Å². The number of Topliss-reactive ketones (excluding diaryl/α,β-unsaturated/α-hetero) is 1. The van der Waals surface area contributed by atoms with Crippen LogP contribution in [0.5, 0.6) is 0 Å². The molecule has 1 aliphatic rings. The van der Waals surface area contributed by atoms with Crippen LogP contribution in [-0.2, 0) is 19.5 Å². The maximum atomic E-state index is 13.0. The Morgan fingerprint density at radius 1 is 1.07 bits per heavy atom. The summed E-state index contributed by atoms with van der Waals surface area (Å²) in [5.74, 6) is -1.79. The van der Waals surface area contributed by atoms with Gasteiger partial charge in [0, 0.05) is 18.7 Å². The van der Waals surface area contributed by atoms with Crippen LogP contribution in [0.25, 0.3) is 0 Å². The molecule has 2 aromatic rings. The Hall–Kier alpha value is -2.62. The second-order valence-electron chi connectivity index (χ2n) is 6.92. The van der Waals surface area contributed by atoms with Gasteiger partial charge in [-0.15, -0.1) is 0 Å². The first-order chi connectivity index (χ1) is 14.2. The van der Waals surface area contributed by atoms with Crippen molar-refractivity contribution < 1.29 is 31.9 Å². The second-order valence-corrected chi connectivity index (χ2v) is 8.82. The highest BCUT2D eigenvalue weighted by Crippen LogP contribution is 2.23. The van der Waals surface area contributed by atoms with Crippen LogP contribution >= 0.6 is 0 Å². The maximum Gasteiger partial charge on any atom is 0.338 e. The van der Waals surface area contributed by atoms with Gasteiger partial charge in [-0.25, -0.2) is 17.6 Å². The molecule has 1 fully saturated rings. The maximum absolute atomic E-state index is 13.0. The number of hydrogen-bond donors (Lipinski definition) is 0. The van der Waals surface area contributed by atoms with E-state index >= 15 is 0 Å². The summed E-state index contributed by atoms with van der Waals surface area (Å²) >= 11 is 0. The van der Waals surface area contributed by atoms with Gasteiger partial charge in [-0.3, -0.25) is 4.79 Å². The van der Waals surface area contributed by atoms with Crippen LogP contribution in [0.4, 0.5) is 4.39 Å². The van der Waals surface area contributed by atoms with Crippen molar-refractivity contribution in [2.45, 2.75) is 24.8 Å². The van der Waals surface area contributed by atoms with Gasteiger partial charge in [0.15, 0.2) is 6.10 Å². The Kier molecular flexibility index (Phi) is 6.64. The molecule has 30 heavy (non-hydrogen) atoms. The van der Waals surface area contributed by atoms with E-state index in [1.165, 1.54) is 41.6 Å². The number of nitrogens with zero attached hydrogens (tertiary/aromatic N) is 1. The molecule has 0 aliphatic carbocycles. The van der Waals surface area contributed by atoms with E-state index in [2.05, 4.69) is 0 Å². The molecule has 0 bridgehead atoms. The second kappa shape index (κ2) is 9.03. The number of sulfonamides is 1. The average molecular weight is 435 g/mol. The summed E-state index contributed by atoms with van der Waals surface area (Å²) in [4.78, 5) is 25.0. The normalized spacial score (nSPS) is 16.1. The highest BCUT2D eigenvalue weighted by Gasteiger charge is 2.29. The average Bonchev–Trinajstić information content (AvgIpc) is 2.74. The third kappa shape index (κ3) is 4.75. The van der Waals surface area contributed by atoms with Crippen molar-refractivity contribution >= 4 is 21.8 Å². The van der Waals surface area contributed by atoms with Gasteiger partial charge < -0.3 is 9.47 Å². The summed E-state index contributed by atoms with van der Waals surface area (Å²) in [6, 6.07) is 9.13. The minimum absolute atomic E-state index is 0.0105. The number of carbonyl (C=O) groups excluding carboxylic acids is 2. The van der Waals surface area contributed by atoms with Crippen LogP contribution in [0.1, 0.15) is 33.2 Å². The van der Waals surface area contributed by atoms with Gasteiger partial charge in [0.25, 0.3) is 0 Å². The summed E-state index contributed by atoms with van der Waals surface area (Å²) in [7, 11) is -3.80. The number of ether oxygens (including phenoxy) is 2. The van der Waals surface area contributed by atoms with Crippen LogP contribution in [0, 0.1) is 12.7 Å². The summed E-state index contributed by atoms with van der Waals surface area (Å²) < 4.78 is 50.7. The van der Waals surface area contributed by atoms with Crippen molar-refractivity contribution in [3.63, 3.8) is 0 Å². The first kappa shape index (κ1) is 22.1. The lowest BCUT2D eigenvalue weighted by atomic mass is 10.1. The minimum Gasteiger partial charge on any atom is -0.451 e. The van der Waals surface area contributed by atoms with Crippen molar-refractivity contribution in [2.75, 3.05) is 26.3 Å². The van der Waals surface area contributed by atoms with E-state index < -0.39 is 33.7 Å². The molecule has 0 N–H and O–H groups in total. The van der Waals surface area contributed by atoms with Gasteiger partial charge in [-0.1, -0.05) is 6.07 Å².